The van der Waals surface area contributed by atoms with Crippen LogP contribution >= 0.6 is 11.8 Å². The van der Waals surface area contributed by atoms with Crippen molar-refractivity contribution in [1.29, 1.82) is 0 Å². The SMILES string of the molecule is O=C(CN1C(=O)S/C(=C/c2ccc(N3CCCCC3)cc2)C1=O)N1CCOCC1. The van der Waals surface area contributed by atoms with E-state index in [2.05, 4.69) is 17.0 Å². The molecule has 29 heavy (non-hydrogen) atoms. The third-order valence-electron chi connectivity index (χ3n) is 5.44. The Morgan fingerprint density at radius 1 is 1.00 bits per heavy atom. The van der Waals surface area contributed by atoms with E-state index in [0.29, 0.717) is 31.2 Å². The maximum atomic E-state index is 12.7. The lowest BCUT2D eigenvalue weighted by molar-refractivity contribution is -0.139. The van der Waals surface area contributed by atoms with Crippen LogP contribution in [0.15, 0.2) is 29.2 Å². The molecule has 0 saturated carbocycles. The number of rotatable bonds is 4. The molecule has 0 spiro atoms. The molecular weight excluding hydrogens is 390 g/mol. The molecule has 8 heteroatoms. The zero-order chi connectivity index (χ0) is 20.2. The first kappa shape index (κ1) is 20.0. The number of anilines is 1. The maximum Gasteiger partial charge on any atom is 0.294 e. The van der Waals surface area contributed by atoms with Gasteiger partial charge in [-0.3, -0.25) is 19.3 Å². The number of hydrogen-bond acceptors (Lipinski definition) is 6. The zero-order valence-corrected chi connectivity index (χ0v) is 17.2. The van der Waals surface area contributed by atoms with Crippen LogP contribution < -0.4 is 4.90 Å². The van der Waals surface area contributed by atoms with E-state index in [-0.39, 0.29) is 12.5 Å². The minimum atomic E-state index is -0.401. The number of carbonyl (C=O) groups excluding carboxylic acids is 3. The fraction of sp³-hybridized carbons (Fsp3) is 0.476. The number of piperidine rings is 1. The van der Waals surface area contributed by atoms with Crippen molar-refractivity contribution in [2.24, 2.45) is 0 Å². The molecule has 7 nitrogen and oxygen atoms in total. The number of imide groups is 1. The Balaban J connectivity index is 1.41. The van der Waals surface area contributed by atoms with Gasteiger partial charge in [-0.2, -0.15) is 0 Å². The molecule has 3 aliphatic heterocycles. The van der Waals surface area contributed by atoms with Crippen LogP contribution in [0.4, 0.5) is 10.5 Å². The van der Waals surface area contributed by atoms with Crippen molar-refractivity contribution in [3.63, 3.8) is 0 Å². The molecular formula is C21H25N3O4S. The van der Waals surface area contributed by atoms with E-state index in [9.17, 15) is 14.4 Å². The quantitative estimate of drug-likeness (QED) is 0.704. The van der Waals surface area contributed by atoms with Crippen LogP contribution in [0.5, 0.6) is 0 Å². The molecule has 1 aromatic carbocycles. The van der Waals surface area contributed by atoms with Crippen LogP contribution in [0.2, 0.25) is 0 Å². The van der Waals surface area contributed by atoms with Crippen LogP contribution in [-0.4, -0.2) is 72.8 Å². The van der Waals surface area contributed by atoms with Crippen molar-refractivity contribution in [3.05, 3.63) is 34.7 Å². The Morgan fingerprint density at radius 3 is 2.38 bits per heavy atom. The molecule has 0 aromatic heterocycles. The average Bonchev–Trinajstić information content (AvgIpc) is 3.03. The van der Waals surface area contributed by atoms with Crippen LogP contribution in [0.1, 0.15) is 24.8 Å². The Bertz CT molecular complexity index is 812. The Hall–Kier alpha value is -2.32. The minimum Gasteiger partial charge on any atom is -0.378 e. The molecule has 3 saturated heterocycles. The van der Waals surface area contributed by atoms with Crippen LogP contribution in [0.3, 0.4) is 0 Å². The van der Waals surface area contributed by atoms with Crippen molar-refractivity contribution in [1.82, 2.24) is 9.80 Å². The van der Waals surface area contributed by atoms with Gasteiger partial charge in [0.25, 0.3) is 11.1 Å². The molecule has 4 rings (SSSR count). The van der Waals surface area contributed by atoms with Crippen molar-refractivity contribution < 1.29 is 19.1 Å². The van der Waals surface area contributed by atoms with Gasteiger partial charge in [-0.15, -0.1) is 0 Å². The number of amides is 3. The summed E-state index contributed by atoms with van der Waals surface area (Å²) in [5.41, 5.74) is 2.06. The van der Waals surface area contributed by atoms with Crippen LogP contribution in [0.25, 0.3) is 6.08 Å². The van der Waals surface area contributed by atoms with Gasteiger partial charge in [0.05, 0.1) is 18.1 Å². The fourth-order valence-corrected chi connectivity index (χ4v) is 4.61. The summed E-state index contributed by atoms with van der Waals surface area (Å²) in [4.78, 5) is 42.7. The summed E-state index contributed by atoms with van der Waals surface area (Å²) in [7, 11) is 0. The molecule has 0 atom stereocenters. The van der Waals surface area contributed by atoms with E-state index in [0.717, 1.165) is 35.3 Å². The van der Waals surface area contributed by atoms with Crippen molar-refractivity contribution in [2.45, 2.75) is 19.3 Å². The second-order valence-corrected chi connectivity index (χ2v) is 8.39. The van der Waals surface area contributed by atoms with Gasteiger partial charge in [0.15, 0.2) is 0 Å². The normalized spacial score (nSPS) is 21.9. The predicted molar refractivity (Wildman–Crippen MR) is 113 cm³/mol. The highest BCUT2D eigenvalue weighted by atomic mass is 32.2. The summed E-state index contributed by atoms with van der Waals surface area (Å²) in [5, 5.41) is -0.396. The molecule has 0 N–H and O–H groups in total. The first-order chi connectivity index (χ1) is 14.1. The monoisotopic (exact) mass is 415 g/mol. The molecule has 0 radical (unpaired) electrons. The van der Waals surface area contributed by atoms with E-state index >= 15 is 0 Å². The van der Waals surface area contributed by atoms with Crippen molar-refractivity contribution in [3.8, 4) is 0 Å². The maximum absolute atomic E-state index is 12.7. The molecule has 3 fully saturated rings. The minimum absolute atomic E-state index is 0.212. The summed E-state index contributed by atoms with van der Waals surface area (Å²) in [5.74, 6) is -0.621. The highest BCUT2D eigenvalue weighted by Gasteiger charge is 2.37. The number of nitrogens with zero attached hydrogens (tertiary/aromatic N) is 3. The summed E-state index contributed by atoms with van der Waals surface area (Å²) in [6, 6.07) is 8.06. The molecule has 0 unspecified atom stereocenters. The number of benzene rings is 1. The summed E-state index contributed by atoms with van der Waals surface area (Å²) in [6.45, 7) is 3.91. The second-order valence-electron chi connectivity index (χ2n) is 7.40. The lowest BCUT2D eigenvalue weighted by Crippen LogP contribution is -2.46. The number of carbonyl (C=O) groups is 3. The topological polar surface area (TPSA) is 70.2 Å². The van der Waals surface area contributed by atoms with E-state index in [1.807, 2.05) is 12.1 Å². The summed E-state index contributed by atoms with van der Waals surface area (Å²) >= 11 is 0.890. The van der Waals surface area contributed by atoms with Crippen molar-refractivity contribution in [2.75, 3.05) is 50.8 Å². The van der Waals surface area contributed by atoms with Gasteiger partial charge >= 0.3 is 0 Å². The highest BCUT2D eigenvalue weighted by Crippen LogP contribution is 2.32. The first-order valence-electron chi connectivity index (χ1n) is 10.1. The average molecular weight is 416 g/mol. The predicted octanol–water partition coefficient (Wildman–Crippen LogP) is 2.57. The number of hydrogen-bond donors (Lipinski definition) is 0. The standard InChI is InChI=1S/C21H25N3O4S/c25-19(23-10-12-28-13-11-23)15-24-20(26)18(29-21(24)27)14-16-4-6-17(7-5-16)22-8-2-1-3-9-22/h4-7,14H,1-3,8-13,15H2/b18-14+. The van der Waals surface area contributed by atoms with E-state index in [1.165, 1.54) is 24.9 Å². The molecule has 1 aromatic rings. The van der Waals surface area contributed by atoms with Gasteiger partial charge in [-0.05, 0) is 54.8 Å². The number of thioether (sulfide) groups is 1. The van der Waals surface area contributed by atoms with E-state index in [4.69, 9.17) is 4.74 Å². The number of ether oxygens (including phenoxy) is 1. The highest BCUT2D eigenvalue weighted by molar-refractivity contribution is 8.18. The molecule has 0 aliphatic carbocycles. The first-order valence-corrected chi connectivity index (χ1v) is 10.9. The molecule has 154 valence electrons. The summed E-state index contributed by atoms with van der Waals surface area (Å²) in [6.07, 6.45) is 5.46. The van der Waals surface area contributed by atoms with Gasteiger partial charge in [-0.1, -0.05) is 12.1 Å². The smallest absolute Gasteiger partial charge is 0.294 e. The Kier molecular flexibility index (Phi) is 6.20. The van der Waals surface area contributed by atoms with Gasteiger partial charge in [-0.25, -0.2) is 0 Å². The third kappa shape index (κ3) is 4.64. The van der Waals surface area contributed by atoms with Gasteiger partial charge in [0.2, 0.25) is 5.91 Å². The third-order valence-corrected chi connectivity index (χ3v) is 6.35. The van der Waals surface area contributed by atoms with E-state index < -0.39 is 11.1 Å². The summed E-state index contributed by atoms with van der Waals surface area (Å²) < 4.78 is 5.23. The molecule has 3 aliphatic rings. The van der Waals surface area contributed by atoms with Crippen molar-refractivity contribution >= 4 is 40.6 Å². The Morgan fingerprint density at radius 2 is 1.69 bits per heavy atom. The fourth-order valence-electron chi connectivity index (χ4n) is 3.77. The second kappa shape index (κ2) is 9.00. The van der Waals surface area contributed by atoms with E-state index in [1.54, 1.807) is 11.0 Å². The van der Waals surface area contributed by atoms with Gasteiger partial charge in [0.1, 0.15) is 6.54 Å². The molecule has 0 bridgehead atoms. The molecule has 3 amide bonds. The Labute approximate surface area is 174 Å². The largest absolute Gasteiger partial charge is 0.378 e. The zero-order valence-electron chi connectivity index (χ0n) is 16.3. The lowest BCUT2D eigenvalue weighted by Gasteiger charge is -2.28. The van der Waals surface area contributed by atoms with Crippen LogP contribution in [0, 0.1) is 0 Å². The van der Waals surface area contributed by atoms with Gasteiger partial charge < -0.3 is 14.5 Å². The van der Waals surface area contributed by atoms with Crippen LogP contribution in [-0.2, 0) is 14.3 Å². The number of morpholine rings is 1. The van der Waals surface area contributed by atoms with Gasteiger partial charge in [0, 0.05) is 31.9 Å². The lowest BCUT2D eigenvalue weighted by atomic mass is 10.1. The molecule has 3 heterocycles.